The lowest BCUT2D eigenvalue weighted by Gasteiger charge is -2.31. The smallest absolute Gasteiger partial charge is 0.223 e. The maximum atomic E-state index is 15.0. The van der Waals surface area contributed by atoms with Crippen LogP contribution in [0.1, 0.15) is 50.4 Å². The summed E-state index contributed by atoms with van der Waals surface area (Å²) in [5, 5.41) is 13.8. The highest BCUT2D eigenvalue weighted by atomic mass is 19.1. The normalized spacial score (nSPS) is 22.8. The lowest BCUT2D eigenvalue weighted by molar-refractivity contribution is -0.0136. The van der Waals surface area contributed by atoms with Crippen LogP contribution in [0.3, 0.4) is 0 Å². The largest absolute Gasteiger partial charge is 0.389 e. The number of alkyl halides is 1. The number of anilines is 1. The summed E-state index contributed by atoms with van der Waals surface area (Å²) in [6, 6.07) is 4.93. The predicted octanol–water partition coefficient (Wildman–Crippen LogP) is 3.98. The Kier molecular flexibility index (Phi) is 7.74. The van der Waals surface area contributed by atoms with Crippen LogP contribution in [-0.4, -0.2) is 69.2 Å². The van der Waals surface area contributed by atoms with Gasteiger partial charge in [0.2, 0.25) is 5.95 Å². The molecule has 2 N–H and O–H groups in total. The highest BCUT2D eigenvalue weighted by Crippen LogP contribution is 2.29. The summed E-state index contributed by atoms with van der Waals surface area (Å²) in [4.78, 5) is 24.0. The van der Waals surface area contributed by atoms with Gasteiger partial charge in [0.05, 0.1) is 30.5 Å². The van der Waals surface area contributed by atoms with Crippen LogP contribution in [-0.2, 0) is 11.3 Å². The first-order valence-corrected chi connectivity index (χ1v) is 13.3. The molecule has 0 spiro atoms. The molecule has 4 heterocycles. The van der Waals surface area contributed by atoms with Crippen LogP contribution in [0.25, 0.3) is 22.2 Å². The maximum Gasteiger partial charge on any atom is 0.223 e. The van der Waals surface area contributed by atoms with Crippen LogP contribution in [0.4, 0.5) is 14.7 Å². The van der Waals surface area contributed by atoms with E-state index in [9.17, 15) is 14.3 Å². The topological polar surface area (TPSA) is 92.5 Å². The molecule has 0 radical (unpaired) electrons. The molecule has 0 unspecified atom stereocenters. The first-order valence-electron chi connectivity index (χ1n) is 13.3. The van der Waals surface area contributed by atoms with Gasteiger partial charge in [-0.25, -0.2) is 18.7 Å². The van der Waals surface area contributed by atoms with Crippen molar-refractivity contribution in [3.05, 3.63) is 51.7 Å². The molecule has 2 aromatic heterocycles. The van der Waals surface area contributed by atoms with Gasteiger partial charge in [-0.2, -0.15) is 0 Å². The van der Waals surface area contributed by atoms with Crippen LogP contribution in [0.15, 0.2) is 29.2 Å². The molecule has 5 rings (SSSR count). The minimum absolute atomic E-state index is 0.00972. The van der Waals surface area contributed by atoms with E-state index in [2.05, 4.69) is 24.8 Å². The molecule has 10 heteroatoms. The summed E-state index contributed by atoms with van der Waals surface area (Å²) in [6.07, 6.45) is 1.48. The third-order valence-electron chi connectivity index (χ3n) is 7.56. The fourth-order valence-electron chi connectivity index (χ4n) is 5.56. The molecular formula is C28H35F2N5O3. The van der Waals surface area contributed by atoms with Crippen molar-refractivity contribution in [1.29, 1.82) is 0 Å². The molecule has 2 aliphatic heterocycles. The number of nitrogens with zero attached hydrogens (tertiary/aromatic N) is 4. The highest BCUT2D eigenvalue weighted by molar-refractivity contribution is 5.85. The summed E-state index contributed by atoms with van der Waals surface area (Å²) in [5.74, 6) is -0.375. The number of ether oxygens (including phenoxy) is 1. The summed E-state index contributed by atoms with van der Waals surface area (Å²) in [5.41, 5.74) is 2.72. The first kappa shape index (κ1) is 26.6. The third-order valence-corrected chi connectivity index (χ3v) is 7.56. The number of halogens is 2. The Bertz CT molecular complexity index is 1380. The Morgan fingerprint density at radius 2 is 2.11 bits per heavy atom. The summed E-state index contributed by atoms with van der Waals surface area (Å²) < 4.78 is 36.5. The molecule has 3 atom stereocenters. The molecule has 2 aliphatic rings. The van der Waals surface area contributed by atoms with Crippen LogP contribution in [0, 0.1) is 12.7 Å². The molecule has 1 aromatic carbocycles. The minimum atomic E-state index is -0.860. The van der Waals surface area contributed by atoms with E-state index in [1.165, 1.54) is 0 Å². The number of aromatic nitrogens is 3. The van der Waals surface area contributed by atoms with Crippen molar-refractivity contribution < 1.29 is 18.6 Å². The number of piperidine rings is 1. The quantitative estimate of drug-likeness (QED) is 0.501. The molecule has 0 bridgehead atoms. The van der Waals surface area contributed by atoms with Crippen LogP contribution in [0.5, 0.6) is 0 Å². The zero-order chi connectivity index (χ0) is 27.0. The van der Waals surface area contributed by atoms with Gasteiger partial charge in [-0.05, 0) is 58.7 Å². The van der Waals surface area contributed by atoms with Crippen molar-refractivity contribution in [1.82, 2.24) is 19.4 Å². The summed E-state index contributed by atoms with van der Waals surface area (Å²) >= 11 is 0. The fourth-order valence-corrected chi connectivity index (χ4v) is 5.56. The van der Waals surface area contributed by atoms with Gasteiger partial charge in [-0.3, -0.25) is 9.69 Å². The van der Waals surface area contributed by atoms with Crippen molar-refractivity contribution in [3.63, 3.8) is 0 Å². The van der Waals surface area contributed by atoms with E-state index in [1.54, 1.807) is 18.2 Å². The number of hydrogen-bond donors (Lipinski definition) is 2. The number of hydrogen-bond acceptors (Lipinski definition) is 7. The Balaban J connectivity index is 1.57. The zero-order valence-electron chi connectivity index (χ0n) is 22.1. The second kappa shape index (κ2) is 11.0. The van der Waals surface area contributed by atoms with Crippen molar-refractivity contribution in [2.45, 2.75) is 70.9 Å². The van der Waals surface area contributed by atoms with E-state index in [0.29, 0.717) is 54.6 Å². The number of pyridine rings is 1. The van der Waals surface area contributed by atoms with Gasteiger partial charge in [-0.15, -0.1) is 0 Å². The molecule has 38 heavy (non-hydrogen) atoms. The van der Waals surface area contributed by atoms with E-state index in [4.69, 9.17) is 4.74 Å². The number of benzene rings is 1. The third kappa shape index (κ3) is 5.30. The number of aliphatic hydroxyl groups is 1. The number of likely N-dealkylation sites (tertiary alicyclic amines) is 1. The molecule has 0 saturated carbocycles. The molecule has 8 nitrogen and oxygen atoms in total. The summed E-state index contributed by atoms with van der Waals surface area (Å²) in [6.45, 7) is 8.25. The van der Waals surface area contributed by atoms with Crippen LogP contribution >= 0.6 is 0 Å². The van der Waals surface area contributed by atoms with Gasteiger partial charge < -0.3 is 19.7 Å². The minimum Gasteiger partial charge on any atom is -0.389 e. The SMILES string of the molecule is Cc1c(CN2CCC[C@@H](F)C2)n(C(C)C)c2cc(-c3nc(N[C@@H]4CCOC[C@H]4O)ncc3F)ccc2c1=O. The van der Waals surface area contributed by atoms with Crippen molar-refractivity contribution in [2.75, 3.05) is 31.6 Å². The van der Waals surface area contributed by atoms with Crippen molar-refractivity contribution >= 4 is 16.9 Å². The van der Waals surface area contributed by atoms with Gasteiger partial charge in [-0.1, -0.05) is 6.07 Å². The Hall–Kier alpha value is -2.95. The van der Waals surface area contributed by atoms with Crippen molar-refractivity contribution in [3.8, 4) is 11.3 Å². The number of rotatable bonds is 6. The molecule has 2 saturated heterocycles. The van der Waals surface area contributed by atoms with E-state index < -0.39 is 18.1 Å². The van der Waals surface area contributed by atoms with Crippen LogP contribution in [0.2, 0.25) is 0 Å². The Morgan fingerprint density at radius 1 is 1.29 bits per heavy atom. The molecule has 0 aliphatic carbocycles. The zero-order valence-corrected chi connectivity index (χ0v) is 22.1. The van der Waals surface area contributed by atoms with E-state index >= 15 is 4.39 Å². The van der Waals surface area contributed by atoms with Gasteiger partial charge >= 0.3 is 0 Å². The molecule has 0 amide bonds. The molecule has 2 fully saturated rings. The maximum absolute atomic E-state index is 15.0. The Morgan fingerprint density at radius 3 is 2.84 bits per heavy atom. The first-order chi connectivity index (χ1) is 18.2. The molecule has 204 valence electrons. The lowest BCUT2D eigenvalue weighted by Crippen LogP contribution is -2.42. The highest BCUT2D eigenvalue weighted by Gasteiger charge is 2.26. The lowest BCUT2D eigenvalue weighted by atomic mass is 10.0. The van der Waals surface area contributed by atoms with Gasteiger partial charge in [0, 0.05) is 47.9 Å². The molecule has 3 aromatic rings. The Labute approximate surface area is 220 Å². The average Bonchev–Trinajstić information content (AvgIpc) is 2.89. The standard InChI is InChI=1S/C28H35F2N5O3/c1-16(2)35-23-11-18(26-21(30)12-31-28(33-26)32-22-8-10-38-15-25(22)36)6-7-20(23)27(37)17(3)24(35)14-34-9-4-5-19(29)13-34/h6-7,11-12,16,19,22,25,36H,4-5,8-10,13-15H2,1-3H3,(H,31,32,33)/t19-,22-,25-/m1/s1. The van der Waals surface area contributed by atoms with Crippen LogP contribution < -0.4 is 10.7 Å². The second-order valence-electron chi connectivity index (χ2n) is 10.6. The average molecular weight is 528 g/mol. The van der Waals surface area contributed by atoms with Gasteiger partial charge in [0.25, 0.3) is 0 Å². The summed E-state index contributed by atoms with van der Waals surface area (Å²) in [7, 11) is 0. The second-order valence-corrected chi connectivity index (χ2v) is 10.6. The monoisotopic (exact) mass is 527 g/mol. The number of nitrogens with one attached hydrogen (secondary N) is 1. The van der Waals surface area contributed by atoms with E-state index in [0.717, 1.165) is 24.9 Å². The molecular weight excluding hydrogens is 492 g/mol. The predicted molar refractivity (Wildman–Crippen MR) is 143 cm³/mol. The van der Waals surface area contributed by atoms with E-state index in [1.807, 2.05) is 20.8 Å². The number of fused-ring (bicyclic) bond motifs is 1. The van der Waals surface area contributed by atoms with Crippen molar-refractivity contribution in [2.24, 2.45) is 0 Å². The van der Waals surface area contributed by atoms with Gasteiger partial charge in [0.1, 0.15) is 11.9 Å². The van der Waals surface area contributed by atoms with Gasteiger partial charge in [0.15, 0.2) is 11.2 Å². The van der Waals surface area contributed by atoms with E-state index in [-0.39, 0.29) is 35.8 Å². The number of aliphatic hydroxyl groups excluding tert-OH is 1. The fraction of sp³-hybridized carbons (Fsp3) is 0.536.